The zero-order chi connectivity index (χ0) is 13.3. The van der Waals surface area contributed by atoms with Crippen LogP contribution >= 0.6 is 38.9 Å². The standard InChI is InChI=1S/C14H14BrClOS/c1-8-6-10(7-9(2)14(8)17-3)13(15)11-4-5-12(16)18-11/h4-7,13H,1-3H3. The van der Waals surface area contributed by atoms with E-state index in [1.807, 2.05) is 6.07 Å². The third-order valence-electron chi connectivity index (χ3n) is 2.82. The third-order valence-corrected chi connectivity index (χ3v) is 5.44. The average molecular weight is 346 g/mol. The third kappa shape index (κ3) is 2.73. The van der Waals surface area contributed by atoms with Gasteiger partial charge in [0, 0.05) is 4.88 Å². The van der Waals surface area contributed by atoms with Crippen LogP contribution in [0.4, 0.5) is 0 Å². The van der Waals surface area contributed by atoms with Crippen LogP contribution in [0.1, 0.15) is 26.4 Å². The topological polar surface area (TPSA) is 9.23 Å². The molecule has 4 heteroatoms. The molecule has 1 aromatic carbocycles. The fourth-order valence-electron chi connectivity index (χ4n) is 2.08. The molecule has 0 saturated heterocycles. The van der Waals surface area contributed by atoms with Gasteiger partial charge in [-0.1, -0.05) is 39.7 Å². The second-order valence-electron chi connectivity index (χ2n) is 4.19. The van der Waals surface area contributed by atoms with E-state index >= 15 is 0 Å². The van der Waals surface area contributed by atoms with Gasteiger partial charge in [-0.05, 0) is 42.7 Å². The van der Waals surface area contributed by atoms with Gasteiger partial charge < -0.3 is 4.74 Å². The maximum atomic E-state index is 5.98. The summed E-state index contributed by atoms with van der Waals surface area (Å²) in [4.78, 5) is 1.39. The van der Waals surface area contributed by atoms with Crippen LogP contribution in [0.2, 0.25) is 4.34 Å². The molecule has 1 aromatic heterocycles. The largest absolute Gasteiger partial charge is 0.496 e. The number of hydrogen-bond acceptors (Lipinski definition) is 2. The molecular weight excluding hydrogens is 332 g/mol. The zero-order valence-electron chi connectivity index (χ0n) is 10.5. The lowest BCUT2D eigenvalue weighted by atomic mass is 10.0. The van der Waals surface area contributed by atoms with E-state index in [1.54, 1.807) is 18.4 Å². The van der Waals surface area contributed by atoms with E-state index in [0.29, 0.717) is 0 Å². The molecule has 1 atom stereocenters. The molecule has 2 rings (SSSR count). The molecule has 0 bridgehead atoms. The summed E-state index contributed by atoms with van der Waals surface area (Å²) < 4.78 is 6.20. The number of rotatable bonds is 3. The van der Waals surface area contributed by atoms with Crippen molar-refractivity contribution < 1.29 is 4.74 Å². The van der Waals surface area contributed by atoms with Crippen molar-refractivity contribution in [3.63, 3.8) is 0 Å². The summed E-state index contributed by atoms with van der Waals surface area (Å²) in [5.41, 5.74) is 3.53. The molecule has 96 valence electrons. The van der Waals surface area contributed by atoms with Gasteiger partial charge in [-0.15, -0.1) is 11.3 Å². The quantitative estimate of drug-likeness (QED) is 0.666. The van der Waals surface area contributed by atoms with Gasteiger partial charge in [-0.3, -0.25) is 0 Å². The highest BCUT2D eigenvalue weighted by Crippen LogP contribution is 2.39. The lowest BCUT2D eigenvalue weighted by molar-refractivity contribution is 0.408. The minimum absolute atomic E-state index is 0.179. The van der Waals surface area contributed by atoms with Gasteiger partial charge in [0.15, 0.2) is 0 Å². The monoisotopic (exact) mass is 344 g/mol. The first kappa shape index (κ1) is 13.9. The Kier molecular flexibility index (Phi) is 4.36. The van der Waals surface area contributed by atoms with Crippen LogP contribution in [0.3, 0.4) is 0 Å². The summed E-state index contributed by atoms with van der Waals surface area (Å²) in [6, 6.07) is 8.29. The lowest BCUT2D eigenvalue weighted by Gasteiger charge is -2.14. The van der Waals surface area contributed by atoms with E-state index < -0.39 is 0 Å². The maximum absolute atomic E-state index is 5.98. The van der Waals surface area contributed by atoms with Crippen LogP contribution in [0.25, 0.3) is 0 Å². The summed E-state index contributed by atoms with van der Waals surface area (Å²) in [6.45, 7) is 4.13. The van der Waals surface area contributed by atoms with E-state index in [4.69, 9.17) is 16.3 Å². The van der Waals surface area contributed by atoms with Crippen LogP contribution in [0.5, 0.6) is 5.75 Å². The SMILES string of the molecule is COc1c(C)cc(C(Br)c2ccc(Cl)s2)cc1C. The van der Waals surface area contributed by atoms with Crippen LogP contribution in [-0.2, 0) is 0 Å². The number of alkyl halides is 1. The number of methoxy groups -OCH3 is 1. The summed E-state index contributed by atoms with van der Waals surface area (Å²) in [6.07, 6.45) is 0. The Morgan fingerprint density at radius 2 is 1.83 bits per heavy atom. The molecule has 1 unspecified atom stereocenters. The fourth-order valence-corrected chi connectivity index (χ4v) is 3.85. The van der Waals surface area contributed by atoms with E-state index in [0.717, 1.165) is 21.2 Å². The predicted octanol–water partition coefficient (Wildman–Crippen LogP) is 5.51. The molecule has 18 heavy (non-hydrogen) atoms. The first-order valence-corrected chi connectivity index (χ1v) is 7.68. The molecule has 0 amide bonds. The van der Waals surface area contributed by atoms with E-state index in [2.05, 4.69) is 48.0 Å². The highest BCUT2D eigenvalue weighted by atomic mass is 79.9. The predicted molar refractivity (Wildman–Crippen MR) is 82.6 cm³/mol. The number of ether oxygens (including phenoxy) is 1. The maximum Gasteiger partial charge on any atom is 0.124 e. The minimum Gasteiger partial charge on any atom is -0.496 e. The minimum atomic E-state index is 0.179. The average Bonchev–Trinajstić information content (AvgIpc) is 2.74. The highest BCUT2D eigenvalue weighted by Gasteiger charge is 2.15. The number of benzene rings is 1. The molecule has 0 spiro atoms. The summed E-state index contributed by atoms with van der Waals surface area (Å²) in [5.74, 6) is 0.961. The van der Waals surface area contributed by atoms with E-state index in [-0.39, 0.29) is 4.83 Å². The van der Waals surface area contributed by atoms with Gasteiger partial charge >= 0.3 is 0 Å². The number of hydrogen-bond donors (Lipinski definition) is 0. The number of aryl methyl sites for hydroxylation is 2. The normalized spacial score (nSPS) is 12.5. The van der Waals surface area contributed by atoms with Crippen LogP contribution in [-0.4, -0.2) is 7.11 Å². The zero-order valence-corrected chi connectivity index (χ0v) is 13.6. The fraction of sp³-hybridized carbons (Fsp3) is 0.286. The highest BCUT2D eigenvalue weighted by molar-refractivity contribution is 9.09. The van der Waals surface area contributed by atoms with Gasteiger partial charge in [-0.2, -0.15) is 0 Å². The van der Waals surface area contributed by atoms with Gasteiger partial charge in [0.1, 0.15) is 5.75 Å². The van der Waals surface area contributed by atoms with Crippen LogP contribution in [0, 0.1) is 13.8 Å². The Balaban J connectivity index is 2.40. The Hall–Kier alpha value is -0.510. The lowest BCUT2D eigenvalue weighted by Crippen LogP contribution is -1.96. The Morgan fingerprint density at radius 3 is 2.28 bits per heavy atom. The van der Waals surface area contributed by atoms with Crippen molar-refractivity contribution in [2.75, 3.05) is 7.11 Å². The molecule has 1 nitrogen and oxygen atoms in total. The number of thiophene rings is 1. The van der Waals surface area contributed by atoms with E-state index in [1.165, 1.54) is 10.4 Å². The van der Waals surface area contributed by atoms with Crippen LogP contribution < -0.4 is 4.74 Å². The van der Waals surface area contributed by atoms with Crippen molar-refractivity contribution in [2.24, 2.45) is 0 Å². The molecule has 0 saturated carbocycles. The molecule has 0 radical (unpaired) electrons. The molecule has 2 aromatic rings. The van der Waals surface area contributed by atoms with Crippen molar-refractivity contribution >= 4 is 38.9 Å². The smallest absolute Gasteiger partial charge is 0.124 e. The first-order chi connectivity index (χ1) is 8.52. The van der Waals surface area contributed by atoms with Crippen molar-refractivity contribution in [1.82, 2.24) is 0 Å². The molecule has 0 fully saturated rings. The van der Waals surface area contributed by atoms with Gasteiger partial charge in [0.25, 0.3) is 0 Å². The first-order valence-electron chi connectivity index (χ1n) is 5.57. The molecule has 0 aliphatic heterocycles. The van der Waals surface area contributed by atoms with Crippen molar-refractivity contribution in [2.45, 2.75) is 18.7 Å². The summed E-state index contributed by atoms with van der Waals surface area (Å²) >= 11 is 11.3. The molecular formula is C14H14BrClOS. The molecule has 0 aliphatic rings. The van der Waals surface area contributed by atoms with Gasteiger partial charge in [0.05, 0.1) is 16.3 Å². The Bertz CT molecular complexity index is 542. The van der Waals surface area contributed by atoms with Crippen molar-refractivity contribution in [1.29, 1.82) is 0 Å². The summed E-state index contributed by atoms with van der Waals surface area (Å²) in [5, 5.41) is 0. The van der Waals surface area contributed by atoms with Crippen molar-refractivity contribution in [3.05, 3.63) is 50.2 Å². The molecule has 0 N–H and O–H groups in total. The second kappa shape index (κ2) is 5.64. The summed E-state index contributed by atoms with van der Waals surface area (Å²) in [7, 11) is 1.71. The van der Waals surface area contributed by atoms with Gasteiger partial charge in [-0.25, -0.2) is 0 Å². The Labute approximate surface area is 125 Å². The van der Waals surface area contributed by atoms with Crippen LogP contribution in [0.15, 0.2) is 24.3 Å². The van der Waals surface area contributed by atoms with E-state index in [9.17, 15) is 0 Å². The molecule has 0 aliphatic carbocycles. The molecule has 1 heterocycles. The van der Waals surface area contributed by atoms with Gasteiger partial charge in [0.2, 0.25) is 0 Å². The number of halogens is 2. The second-order valence-corrected chi connectivity index (χ2v) is 6.85. The van der Waals surface area contributed by atoms with Crippen molar-refractivity contribution in [3.8, 4) is 5.75 Å². The Morgan fingerprint density at radius 1 is 1.22 bits per heavy atom.